The summed E-state index contributed by atoms with van der Waals surface area (Å²) >= 11 is 5.12. The van der Waals surface area contributed by atoms with Gasteiger partial charge in [0.25, 0.3) is 5.56 Å². The van der Waals surface area contributed by atoms with Crippen LogP contribution in [0, 0.1) is 13.8 Å². The Morgan fingerprint density at radius 3 is 2.71 bits per heavy atom. The van der Waals surface area contributed by atoms with Gasteiger partial charge < -0.3 is 9.47 Å². The molecule has 0 saturated heterocycles. The van der Waals surface area contributed by atoms with Crippen molar-refractivity contribution in [2.24, 2.45) is 0 Å². The molecule has 5 nitrogen and oxygen atoms in total. The van der Waals surface area contributed by atoms with Gasteiger partial charge in [0, 0.05) is 9.35 Å². The summed E-state index contributed by atoms with van der Waals surface area (Å²) < 4.78 is 13.7. The van der Waals surface area contributed by atoms with E-state index < -0.39 is 0 Å². The number of ether oxygens (including phenoxy) is 2. The molecule has 4 rings (SSSR count). The zero-order chi connectivity index (χ0) is 16.8. The highest BCUT2D eigenvalue weighted by atomic mass is 79.9. The first kappa shape index (κ1) is 15.7. The Balaban J connectivity index is 1.78. The smallest absolute Gasteiger partial charge is 0.262 e. The van der Waals surface area contributed by atoms with E-state index in [0.29, 0.717) is 30.9 Å². The third kappa shape index (κ3) is 2.52. The van der Waals surface area contributed by atoms with E-state index in [0.717, 1.165) is 31.1 Å². The van der Waals surface area contributed by atoms with Gasteiger partial charge in [-0.05, 0) is 37.1 Å². The van der Waals surface area contributed by atoms with Crippen molar-refractivity contribution in [1.82, 2.24) is 9.55 Å². The zero-order valence-electron chi connectivity index (χ0n) is 13.3. The standard InChI is InChI=1S/C17H15BrN2O3S/c1-9-10(2)24-16-15(9)17(21)20(8-19-16)7-11-5-13-14(6-12(11)18)23-4-3-22-13/h5-6,8H,3-4,7H2,1-2H3. The lowest BCUT2D eigenvalue weighted by Crippen LogP contribution is -2.21. The van der Waals surface area contributed by atoms with E-state index >= 15 is 0 Å². The average Bonchev–Trinajstić information content (AvgIpc) is 2.86. The first-order valence-electron chi connectivity index (χ1n) is 7.58. The van der Waals surface area contributed by atoms with Crippen LogP contribution in [0.2, 0.25) is 0 Å². The second-order valence-corrected chi connectivity index (χ2v) is 7.79. The molecule has 1 aromatic carbocycles. The normalized spacial score (nSPS) is 13.5. The molecule has 0 aliphatic carbocycles. The minimum atomic E-state index is -0.0105. The number of aromatic nitrogens is 2. The van der Waals surface area contributed by atoms with Gasteiger partial charge in [-0.1, -0.05) is 15.9 Å². The summed E-state index contributed by atoms with van der Waals surface area (Å²) in [4.78, 5) is 19.2. The number of rotatable bonds is 2. The molecule has 3 heterocycles. The molecule has 24 heavy (non-hydrogen) atoms. The summed E-state index contributed by atoms with van der Waals surface area (Å²) in [6.07, 6.45) is 1.61. The number of aryl methyl sites for hydroxylation is 2. The number of thiophene rings is 1. The summed E-state index contributed by atoms with van der Waals surface area (Å²) in [6.45, 7) is 5.50. The summed E-state index contributed by atoms with van der Waals surface area (Å²) in [5.41, 5.74) is 1.96. The minimum absolute atomic E-state index is 0.0105. The Hall–Kier alpha value is -1.86. The Labute approximate surface area is 151 Å². The van der Waals surface area contributed by atoms with E-state index in [9.17, 15) is 4.79 Å². The summed E-state index contributed by atoms with van der Waals surface area (Å²) in [7, 11) is 0. The van der Waals surface area contributed by atoms with E-state index in [1.807, 2.05) is 26.0 Å². The fourth-order valence-electron chi connectivity index (χ4n) is 2.79. The molecule has 2 aromatic heterocycles. The van der Waals surface area contributed by atoms with Crippen molar-refractivity contribution >= 4 is 37.5 Å². The monoisotopic (exact) mass is 406 g/mol. The van der Waals surface area contributed by atoms with Crippen LogP contribution in [0.4, 0.5) is 0 Å². The molecule has 0 atom stereocenters. The highest BCUT2D eigenvalue weighted by Gasteiger charge is 2.17. The fourth-order valence-corrected chi connectivity index (χ4v) is 4.23. The van der Waals surface area contributed by atoms with Crippen LogP contribution in [0.1, 0.15) is 16.0 Å². The predicted molar refractivity (Wildman–Crippen MR) is 97.6 cm³/mol. The van der Waals surface area contributed by atoms with Crippen molar-refractivity contribution in [2.45, 2.75) is 20.4 Å². The Bertz CT molecular complexity index is 1010. The predicted octanol–water partition coefficient (Wildman–Crippen LogP) is 3.66. The number of hydrogen-bond acceptors (Lipinski definition) is 5. The number of halogens is 1. The summed E-state index contributed by atoms with van der Waals surface area (Å²) in [6, 6.07) is 3.81. The molecule has 3 aromatic rings. The fraction of sp³-hybridized carbons (Fsp3) is 0.294. The van der Waals surface area contributed by atoms with Gasteiger partial charge in [0.05, 0.1) is 18.3 Å². The van der Waals surface area contributed by atoms with Gasteiger partial charge in [0.2, 0.25) is 0 Å². The van der Waals surface area contributed by atoms with E-state index in [2.05, 4.69) is 20.9 Å². The first-order valence-corrected chi connectivity index (χ1v) is 9.18. The van der Waals surface area contributed by atoms with Crippen molar-refractivity contribution in [1.29, 1.82) is 0 Å². The number of benzene rings is 1. The maximum atomic E-state index is 12.8. The lowest BCUT2D eigenvalue weighted by Gasteiger charge is -2.20. The molecule has 0 unspecified atom stereocenters. The number of hydrogen-bond donors (Lipinski definition) is 0. The van der Waals surface area contributed by atoms with Gasteiger partial charge in [-0.15, -0.1) is 11.3 Å². The highest BCUT2D eigenvalue weighted by molar-refractivity contribution is 9.10. The molecule has 1 aliphatic rings. The van der Waals surface area contributed by atoms with Crippen LogP contribution in [-0.4, -0.2) is 22.8 Å². The van der Waals surface area contributed by atoms with Gasteiger partial charge in [-0.2, -0.15) is 0 Å². The third-order valence-corrected chi connectivity index (χ3v) is 6.06. The Kier molecular flexibility index (Phi) is 3.85. The van der Waals surface area contributed by atoms with Crippen LogP contribution in [0.5, 0.6) is 11.5 Å². The van der Waals surface area contributed by atoms with Gasteiger partial charge in [0.15, 0.2) is 11.5 Å². The molecule has 0 fully saturated rings. The average molecular weight is 407 g/mol. The highest BCUT2D eigenvalue weighted by Crippen LogP contribution is 2.35. The van der Waals surface area contributed by atoms with Crippen molar-refractivity contribution in [3.05, 3.63) is 49.3 Å². The zero-order valence-corrected chi connectivity index (χ0v) is 15.7. The molecule has 0 amide bonds. The maximum absolute atomic E-state index is 12.8. The van der Waals surface area contributed by atoms with Crippen molar-refractivity contribution in [3.63, 3.8) is 0 Å². The van der Waals surface area contributed by atoms with Crippen LogP contribution in [0.25, 0.3) is 10.2 Å². The molecular formula is C17H15BrN2O3S. The number of fused-ring (bicyclic) bond motifs is 2. The topological polar surface area (TPSA) is 53.4 Å². The van der Waals surface area contributed by atoms with Crippen LogP contribution < -0.4 is 15.0 Å². The molecule has 0 saturated carbocycles. The van der Waals surface area contributed by atoms with E-state index in [1.165, 1.54) is 0 Å². The van der Waals surface area contributed by atoms with Crippen LogP contribution in [0.15, 0.2) is 27.7 Å². The maximum Gasteiger partial charge on any atom is 0.262 e. The van der Waals surface area contributed by atoms with Gasteiger partial charge >= 0.3 is 0 Å². The second-order valence-electron chi connectivity index (χ2n) is 5.73. The molecule has 0 spiro atoms. The Morgan fingerprint density at radius 2 is 1.96 bits per heavy atom. The second kappa shape index (κ2) is 5.89. The minimum Gasteiger partial charge on any atom is -0.486 e. The van der Waals surface area contributed by atoms with Crippen molar-refractivity contribution < 1.29 is 9.47 Å². The third-order valence-electron chi connectivity index (χ3n) is 4.21. The molecule has 0 N–H and O–H groups in total. The van der Waals surface area contributed by atoms with Crippen LogP contribution in [-0.2, 0) is 6.54 Å². The first-order chi connectivity index (χ1) is 11.5. The van der Waals surface area contributed by atoms with Crippen LogP contribution >= 0.6 is 27.3 Å². The van der Waals surface area contributed by atoms with Crippen molar-refractivity contribution in [2.75, 3.05) is 13.2 Å². The van der Waals surface area contributed by atoms with E-state index in [1.54, 1.807) is 22.2 Å². The Morgan fingerprint density at radius 1 is 1.25 bits per heavy atom. The lowest BCUT2D eigenvalue weighted by atomic mass is 10.2. The SMILES string of the molecule is Cc1sc2ncn(Cc3cc4c(cc3Br)OCCO4)c(=O)c2c1C. The van der Waals surface area contributed by atoms with Gasteiger partial charge in [-0.25, -0.2) is 4.98 Å². The lowest BCUT2D eigenvalue weighted by molar-refractivity contribution is 0.171. The quantitative estimate of drug-likeness (QED) is 0.651. The molecule has 0 bridgehead atoms. The van der Waals surface area contributed by atoms with E-state index in [4.69, 9.17) is 9.47 Å². The van der Waals surface area contributed by atoms with Crippen LogP contribution in [0.3, 0.4) is 0 Å². The molecule has 0 radical (unpaired) electrons. The summed E-state index contributed by atoms with van der Waals surface area (Å²) in [5, 5.41) is 0.716. The summed E-state index contributed by atoms with van der Waals surface area (Å²) in [5.74, 6) is 1.44. The molecular weight excluding hydrogens is 392 g/mol. The van der Waals surface area contributed by atoms with Gasteiger partial charge in [0.1, 0.15) is 18.0 Å². The molecule has 7 heteroatoms. The van der Waals surface area contributed by atoms with Gasteiger partial charge in [-0.3, -0.25) is 9.36 Å². The number of nitrogens with zero attached hydrogens (tertiary/aromatic N) is 2. The molecule has 124 valence electrons. The largest absolute Gasteiger partial charge is 0.486 e. The molecule has 1 aliphatic heterocycles. The van der Waals surface area contributed by atoms with E-state index in [-0.39, 0.29) is 5.56 Å². The van der Waals surface area contributed by atoms with Crippen molar-refractivity contribution in [3.8, 4) is 11.5 Å².